The highest BCUT2D eigenvalue weighted by Gasteiger charge is 2.15. The molecule has 1 aliphatic rings. The SMILES string of the molecule is Cn1nnc2cc(NC(=O)NC3CCCCC3)ccc21. The number of urea groups is 1. The maximum absolute atomic E-state index is 12.0. The van der Waals surface area contributed by atoms with Gasteiger partial charge in [0, 0.05) is 18.8 Å². The van der Waals surface area contributed by atoms with Crippen LogP contribution in [0, 0.1) is 0 Å². The van der Waals surface area contributed by atoms with Crippen LogP contribution in [0.15, 0.2) is 18.2 Å². The van der Waals surface area contributed by atoms with Crippen molar-refractivity contribution < 1.29 is 4.79 Å². The van der Waals surface area contributed by atoms with Crippen LogP contribution < -0.4 is 10.6 Å². The van der Waals surface area contributed by atoms with Gasteiger partial charge in [0.15, 0.2) is 0 Å². The molecule has 0 unspecified atom stereocenters. The molecule has 0 radical (unpaired) electrons. The summed E-state index contributed by atoms with van der Waals surface area (Å²) in [5, 5.41) is 13.9. The monoisotopic (exact) mass is 273 g/mol. The van der Waals surface area contributed by atoms with Gasteiger partial charge in [-0.3, -0.25) is 0 Å². The molecule has 2 amide bonds. The third kappa shape index (κ3) is 2.74. The van der Waals surface area contributed by atoms with Crippen LogP contribution in [0.4, 0.5) is 10.5 Å². The van der Waals surface area contributed by atoms with E-state index in [2.05, 4.69) is 20.9 Å². The molecule has 0 bridgehead atoms. The number of aromatic nitrogens is 3. The van der Waals surface area contributed by atoms with E-state index in [-0.39, 0.29) is 6.03 Å². The standard InChI is InChI=1S/C14H19N5O/c1-19-13-8-7-11(9-12(13)17-18-19)16-14(20)15-10-5-3-2-4-6-10/h7-10H,2-6H2,1H3,(H2,15,16,20). The lowest BCUT2D eigenvalue weighted by Gasteiger charge is -2.22. The molecule has 6 heteroatoms. The second-order valence-electron chi connectivity index (χ2n) is 5.35. The van der Waals surface area contributed by atoms with Gasteiger partial charge >= 0.3 is 6.03 Å². The van der Waals surface area contributed by atoms with Gasteiger partial charge in [-0.2, -0.15) is 0 Å². The van der Waals surface area contributed by atoms with E-state index < -0.39 is 0 Å². The Bertz CT molecular complexity index is 615. The number of amides is 2. The minimum atomic E-state index is -0.139. The van der Waals surface area contributed by atoms with Crippen molar-refractivity contribution in [2.45, 2.75) is 38.1 Å². The zero-order chi connectivity index (χ0) is 13.9. The summed E-state index contributed by atoms with van der Waals surface area (Å²) in [6.45, 7) is 0. The van der Waals surface area contributed by atoms with Gasteiger partial charge < -0.3 is 10.6 Å². The summed E-state index contributed by atoms with van der Waals surface area (Å²) in [5.74, 6) is 0. The molecule has 106 valence electrons. The van der Waals surface area contributed by atoms with Crippen LogP contribution in [0.3, 0.4) is 0 Å². The molecule has 1 heterocycles. The molecule has 20 heavy (non-hydrogen) atoms. The molecule has 1 aromatic carbocycles. The molecule has 0 aliphatic heterocycles. The molecule has 1 aliphatic carbocycles. The van der Waals surface area contributed by atoms with E-state index in [1.54, 1.807) is 4.68 Å². The topological polar surface area (TPSA) is 71.8 Å². The first-order valence-corrected chi connectivity index (χ1v) is 7.09. The van der Waals surface area contributed by atoms with Gasteiger partial charge in [-0.25, -0.2) is 9.48 Å². The number of rotatable bonds is 2. The quantitative estimate of drug-likeness (QED) is 0.882. The van der Waals surface area contributed by atoms with Gasteiger partial charge in [0.25, 0.3) is 0 Å². The number of nitrogens with zero attached hydrogens (tertiary/aromatic N) is 3. The minimum absolute atomic E-state index is 0.139. The van der Waals surface area contributed by atoms with Crippen LogP contribution in [0.5, 0.6) is 0 Å². The molecule has 0 spiro atoms. The molecule has 1 fully saturated rings. The summed E-state index contributed by atoms with van der Waals surface area (Å²) < 4.78 is 1.71. The Morgan fingerprint density at radius 2 is 2.10 bits per heavy atom. The van der Waals surface area contributed by atoms with E-state index in [1.165, 1.54) is 19.3 Å². The number of benzene rings is 1. The molecule has 3 rings (SSSR count). The van der Waals surface area contributed by atoms with Crippen molar-refractivity contribution in [3.63, 3.8) is 0 Å². The second-order valence-corrected chi connectivity index (χ2v) is 5.35. The smallest absolute Gasteiger partial charge is 0.319 e. The van der Waals surface area contributed by atoms with E-state index in [4.69, 9.17) is 0 Å². The number of anilines is 1. The number of carbonyl (C=O) groups excluding carboxylic acids is 1. The van der Waals surface area contributed by atoms with E-state index in [0.29, 0.717) is 6.04 Å². The maximum Gasteiger partial charge on any atom is 0.319 e. The van der Waals surface area contributed by atoms with E-state index in [1.807, 2.05) is 25.2 Å². The fraction of sp³-hybridized carbons (Fsp3) is 0.500. The van der Waals surface area contributed by atoms with Crippen molar-refractivity contribution in [3.8, 4) is 0 Å². The van der Waals surface area contributed by atoms with Gasteiger partial charge in [0.2, 0.25) is 0 Å². The molecular formula is C14H19N5O. The Kier molecular flexibility index (Phi) is 3.54. The minimum Gasteiger partial charge on any atom is -0.335 e. The van der Waals surface area contributed by atoms with E-state index in [0.717, 1.165) is 29.6 Å². The number of carbonyl (C=O) groups is 1. The van der Waals surface area contributed by atoms with Crippen LogP contribution in [-0.2, 0) is 7.05 Å². The summed E-state index contributed by atoms with van der Waals surface area (Å²) in [6.07, 6.45) is 5.85. The van der Waals surface area contributed by atoms with Crippen molar-refractivity contribution in [2.75, 3.05) is 5.32 Å². The van der Waals surface area contributed by atoms with Gasteiger partial charge in [0.05, 0.1) is 5.52 Å². The molecule has 0 saturated heterocycles. The van der Waals surface area contributed by atoms with Crippen LogP contribution in [0.25, 0.3) is 11.0 Å². The van der Waals surface area contributed by atoms with E-state index in [9.17, 15) is 4.79 Å². The van der Waals surface area contributed by atoms with Crippen LogP contribution in [0.1, 0.15) is 32.1 Å². The molecule has 6 nitrogen and oxygen atoms in total. The fourth-order valence-electron chi connectivity index (χ4n) is 2.72. The number of hydrogen-bond acceptors (Lipinski definition) is 3. The Balaban J connectivity index is 1.64. The molecular weight excluding hydrogens is 254 g/mol. The lowest BCUT2D eigenvalue weighted by atomic mass is 9.96. The number of aryl methyl sites for hydroxylation is 1. The fourth-order valence-corrected chi connectivity index (χ4v) is 2.72. The Morgan fingerprint density at radius 3 is 2.90 bits per heavy atom. The van der Waals surface area contributed by atoms with Crippen LogP contribution in [0.2, 0.25) is 0 Å². The Morgan fingerprint density at radius 1 is 1.30 bits per heavy atom. The molecule has 1 aromatic heterocycles. The largest absolute Gasteiger partial charge is 0.335 e. The normalized spacial score (nSPS) is 16.2. The van der Waals surface area contributed by atoms with Crippen molar-refractivity contribution in [2.24, 2.45) is 7.05 Å². The summed E-state index contributed by atoms with van der Waals surface area (Å²) in [5.41, 5.74) is 2.47. The first-order valence-electron chi connectivity index (χ1n) is 7.09. The van der Waals surface area contributed by atoms with E-state index >= 15 is 0 Å². The summed E-state index contributed by atoms with van der Waals surface area (Å²) >= 11 is 0. The second kappa shape index (κ2) is 5.48. The Hall–Kier alpha value is -2.11. The number of fused-ring (bicyclic) bond motifs is 1. The van der Waals surface area contributed by atoms with Gasteiger partial charge in [-0.15, -0.1) is 5.10 Å². The first-order chi connectivity index (χ1) is 9.72. The predicted molar refractivity (Wildman–Crippen MR) is 77.5 cm³/mol. The first kappa shape index (κ1) is 12.9. The zero-order valence-electron chi connectivity index (χ0n) is 11.6. The van der Waals surface area contributed by atoms with Crippen molar-refractivity contribution in [3.05, 3.63) is 18.2 Å². The highest BCUT2D eigenvalue weighted by atomic mass is 16.2. The summed E-state index contributed by atoms with van der Waals surface area (Å²) in [4.78, 5) is 12.0. The van der Waals surface area contributed by atoms with Crippen molar-refractivity contribution in [1.82, 2.24) is 20.3 Å². The van der Waals surface area contributed by atoms with Gasteiger partial charge in [-0.1, -0.05) is 24.5 Å². The summed E-state index contributed by atoms with van der Waals surface area (Å²) in [7, 11) is 1.85. The Labute approximate surface area is 117 Å². The molecule has 1 saturated carbocycles. The molecule has 2 N–H and O–H groups in total. The molecule has 2 aromatic rings. The average Bonchev–Trinajstić information content (AvgIpc) is 2.81. The van der Waals surface area contributed by atoms with Crippen LogP contribution in [-0.4, -0.2) is 27.1 Å². The lowest BCUT2D eigenvalue weighted by molar-refractivity contribution is 0.244. The van der Waals surface area contributed by atoms with Gasteiger partial charge in [0.1, 0.15) is 5.52 Å². The molecule has 0 atom stereocenters. The zero-order valence-corrected chi connectivity index (χ0v) is 11.6. The average molecular weight is 273 g/mol. The highest BCUT2D eigenvalue weighted by molar-refractivity contribution is 5.91. The van der Waals surface area contributed by atoms with Crippen LogP contribution >= 0.6 is 0 Å². The maximum atomic E-state index is 12.0. The van der Waals surface area contributed by atoms with Gasteiger partial charge in [-0.05, 0) is 31.0 Å². The third-order valence-corrected chi connectivity index (χ3v) is 3.81. The lowest BCUT2D eigenvalue weighted by Crippen LogP contribution is -2.38. The van der Waals surface area contributed by atoms with Crippen molar-refractivity contribution >= 4 is 22.8 Å². The summed E-state index contributed by atoms with van der Waals surface area (Å²) in [6, 6.07) is 5.78. The highest BCUT2D eigenvalue weighted by Crippen LogP contribution is 2.18. The number of hydrogen-bond donors (Lipinski definition) is 2. The van der Waals surface area contributed by atoms with Crippen molar-refractivity contribution in [1.29, 1.82) is 0 Å². The third-order valence-electron chi connectivity index (χ3n) is 3.81. The number of nitrogens with one attached hydrogen (secondary N) is 2. The predicted octanol–water partition coefficient (Wildman–Crippen LogP) is 2.42.